The first-order valence-electron chi connectivity index (χ1n) is 9.04. The fourth-order valence-corrected chi connectivity index (χ4v) is 4.54. The van der Waals surface area contributed by atoms with E-state index in [-0.39, 0.29) is 0 Å². The number of rotatable bonds is 4. The molecule has 0 N–H and O–H groups in total. The molecule has 0 saturated heterocycles. The first-order chi connectivity index (χ1) is 14.0. The molecular weight excluding hydrogens is 534 g/mol. The Kier molecular flexibility index (Phi) is 6.21. The molecule has 0 bridgehead atoms. The second-order valence-electron chi connectivity index (χ2n) is 6.78. The molecule has 0 spiro atoms. The first kappa shape index (κ1) is 20.7. The average molecular weight is 550 g/mol. The maximum atomic E-state index is 6.23. The number of hydrogen-bond donors (Lipinski definition) is 0. The molecule has 0 aliphatic rings. The van der Waals surface area contributed by atoms with Crippen molar-refractivity contribution in [3.63, 3.8) is 0 Å². The molecule has 0 fully saturated rings. The predicted molar refractivity (Wildman–Crippen MR) is 132 cm³/mol. The molecule has 0 unspecified atom stereocenters. The Morgan fingerprint density at radius 2 is 0.655 bits per heavy atom. The van der Waals surface area contributed by atoms with Crippen LogP contribution in [0.25, 0.3) is 0 Å². The van der Waals surface area contributed by atoms with E-state index in [2.05, 4.69) is 83.3 Å². The van der Waals surface area contributed by atoms with Gasteiger partial charge in [0.25, 0.3) is 0 Å². The lowest BCUT2D eigenvalue weighted by molar-refractivity contribution is 0.745. The molecule has 0 aliphatic carbocycles. The second-order valence-corrected chi connectivity index (χ2v) is 9.33. The van der Waals surface area contributed by atoms with Crippen molar-refractivity contribution < 1.29 is 0 Å². The monoisotopic (exact) mass is 548 g/mol. The third kappa shape index (κ3) is 4.06. The molecule has 4 heteroatoms. The zero-order chi connectivity index (χ0) is 20.4. The Hall–Kier alpha value is -1.52. The number of halogens is 4. The Morgan fingerprint density at radius 1 is 0.414 bits per heavy atom. The van der Waals surface area contributed by atoms with Crippen LogP contribution in [0.3, 0.4) is 0 Å². The molecule has 0 atom stereocenters. The van der Waals surface area contributed by atoms with Crippen LogP contribution in [0.5, 0.6) is 0 Å². The number of benzene rings is 4. The molecule has 0 aliphatic heterocycles. The van der Waals surface area contributed by atoms with E-state index in [1.54, 1.807) is 0 Å². The lowest BCUT2D eigenvalue weighted by atomic mass is 9.65. The molecular formula is C25H16Cl3I. The lowest BCUT2D eigenvalue weighted by Crippen LogP contribution is -2.31. The van der Waals surface area contributed by atoms with Crippen LogP contribution in [0.1, 0.15) is 22.3 Å². The van der Waals surface area contributed by atoms with Gasteiger partial charge in [0, 0.05) is 18.6 Å². The summed E-state index contributed by atoms with van der Waals surface area (Å²) in [6.07, 6.45) is 0. The highest BCUT2D eigenvalue weighted by Crippen LogP contribution is 2.46. The van der Waals surface area contributed by atoms with Crippen molar-refractivity contribution in [2.24, 2.45) is 0 Å². The van der Waals surface area contributed by atoms with E-state index in [0.29, 0.717) is 15.1 Å². The van der Waals surface area contributed by atoms with Gasteiger partial charge in [0.1, 0.15) is 0 Å². The van der Waals surface area contributed by atoms with Crippen LogP contribution in [0.15, 0.2) is 97.1 Å². The number of hydrogen-bond acceptors (Lipinski definition) is 0. The van der Waals surface area contributed by atoms with Crippen molar-refractivity contribution in [3.8, 4) is 0 Å². The summed E-state index contributed by atoms with van der Waals surface area (Å²) < 4.78 is 1.18. The quantitative estimate of drug-likeness (QED) is 0.177. The Balaban J connectivity index is 2.11. The minimum atomic E-state index is -0.538. The molecule has 29 heavy (non-hydrogen) atoms. The smallest absolute Gasteiger partial charge is 0.0701 e. The van der Waals surface area contributed by atoms with E-state index >= 15 is 0 Å². The third-order valence-corrected chi connectivity index (χ3v) is 6.58. The van der Waals surface area contributed by atoms with Crippen molar-refractivity contribution in [1.29, 1.82) is 0 Å². The summed E-state index contributed by atoms with van der Waals surface area (Å²) in [5, 5.41) is 2.12. The molecule has 0 nitrogen and oxygen atoms in total. The fraction of sp³-hybridized carbons (Fsp3) is 0.0400. The van der Waals surface area contributed by atoms with Crippen LogP contribution >= 0.6 is 57.4 Å². The molecule has 144 valence electrons. The van der Waals surface area contributed by atoms with E-state index in [4.69, 9.17) is 34.8 Å². The summed E-state index contributed by atoms with van der Waals surface area (Å²) in [5.74, 6) is 0. The summed E-state index contributed by atoms with van der Waals surface area (Å²) >= 11 is 21.0. The first-order valence-corrected chi connectivity index (χ1v) is 11.3. The molecule has 4 aromatic rings. The SMILES string of the molecule is Clc1ccc(C(c2ccc(Cl)cc2)(c2ccc(Cl)cc2)c2ccc(I)cc2)cc1. The van der Waals surface area contributed by atoms with Gasteiger partial charge in [0.2, 0.25) is 0 Å². The Morgan fingerprint density at radius 3 is 0.931 bits per heavy atom. The highest BCUT2D eigenvalue weighted by Gasteiger charge is 2.38. The van der Waals surface area contributed by atoms with Gasteiger partial charge in [-0.2, -0.15) is 0 Å². The molecule has 4 aromatic carbocycles. The standard InChI is InChI=1S/C25H16Cl3I/c26-21-9-1-17(2-10-21)25(18-3-11-22(27)12-4-18,19-5-13-23(28)14-6-19)20-7-15-24(29)16-8-20/h1-16H. The van der Waals surface area contributed by atoms with Crippen LogP contribution in [-0.4, -0.2) is 0 Å². The lowest BCUT2D eigenvalue weighted by Gasteiger charge is -2.37. The molecule has 0 heterocycles. The van der Waals surface area contributed by atoms with Crippen molar-refractivity contribution in [2.75, 3.05) is 0 Å². The van der Waals surface area contributed by atoms with Crippen molar-refractivity contribution in [2.45, 2.75) is 5.41 Å². The van der Waals surface area contributed by atoms with Gasteiger partial charge in [0.05, 0.1) is 5.41 Å². The van der Waals surface area contributed by atoms with Gasteiger partial charge in [-0.25, -0.2) is 0 Å². The summed E-state index contributed by atoms with van der Waals surface area (Å²) in [6.45, 7) is 0. The maximum Gasteiger partial charge on any atom is 0.0701 e. The normalized spacial score (nSPS) is 11.4. The fourth-order valence-electron chi connectivity index (χ4n) is 3.80. The summed E-state index contributed by atoms with van der Waals surface area (Å²) in [4.78, 5) is 0. The molecule has 0 saturated carbocycles. The van der Waals surface area contributed by atoms with Crippen LogP contribution in [0, 0.1) is 3.57 Å². The van der Waals surface area contributed by atoms with Gasteiger partial charge >= 0.3 is 0 Å². The third-order valence-electron chi connectivity index (χ3n) is 5.11. The van der Waals surface area contributed by atoms with Crippen LogP contribution in [0.2, 0.25) is 15.1 Å². The predicted octanol–water partition coefficient (Wildman–Crippen LogP) is 8.63. The molecule has 0 amide bonds. The zero-order valence-corrected chi connectivity index (χ0v) is 19.7. The van der Waals surface area contributed by atoms with Crippen LogP contribution in [-0.2, 0) is 5.41 Å². The van der Waals surface area contributed by atoms with Gasteiger partial charge in [-0.15, -0.1) is 0 Å². The summed E-state index contributed by atoms with van der Waals surface area (Å²) in [7, 11) is 0. The average Bonchev–Trinajstić information content (AvgIpc) is 2.73. The van der Waals surface area contributed by atoms with Crippen molar-refractivity contribution in [3.05, 3.63) is 138 Å². The van der Waals surface area contributed by atoms with Gasteiger partial charge in [0.15, 0.2) is 0 Å². The van der Waals surface area contributed by atoms with Crippen LogP contribution in [0.4, 0.5) is 0 Å². The van der Waals surface area contributed by atoms with E-state index in [1.165, 1.54) is 3.57 Å². The second kappa shape index (κ2) is 8.69. The van der Waals surface area contributed by atoms with Crippen LogP contribution < -0.4 is 0 Å². The van der Waals surface area contributed by atoms with E-state index in [1.807, 2.05) is 36.4 Å². The largest absolute Gasteiger partial charge is 0.0843 e. The minimum absolute atomic E-state index is 0.538. The summed E-state index contributed by atoms with van der Waals surface area (Å²) in [5.41, 5.74) is 3.97. The van der Waals surface area contributed by atoms with E-state index < -0.39 is 5.41 Å². The molecule has 0 radical (unpaired) electrons. The van der Waals surface area contributed by atoms with Gasteiger partial charge in [-0.3, -0.25) is 0 Å². The highest BCUT2D eigenvalue weighted by atomic mass is 127. The Labute approximate surface area is 199 Å². The van der Waals surface area contributed by atoms with Gasteiger partial charge in [-0.05, 0) is 93.4 Å². The minimum Gasteiger partial charge on any atom is -0.0843 e. The van der Waals surface area contributed by atoms with E-state index in [9.17, 15) is 0 Å². The highest BCUT2D eigenvalue weighted by molar-refractivity contribution is 14.1. The van der Waals surface area contributed by atoms with Gasteiger partial charge < -0.3 is 0 Å². The van der Waals surface area contributed by atoms with Gasteiger partial charge in [-0.1, -0.05) is 83.3 Å². The Bertz CT molecular complexity index is 913. The van der Waals surface area contributed by atoms with Crippen molar-refractivity contribution in [1.82, 2.24) is 0 Å². The molecule has 0 aromatic heterocycles. The molecule has 4 rings (SSSR count). The van der Waals surface area contributed by atoms with E-state index in [0.717, 1.165) is 22.3 Å². The zero-order valence-electron chi connectivity index (χ0n) is 15.2. The topological polar surface area (TPSA) is 0 Å². The van der Waals surface area contributed by atoms with Crippen molar-refractivity contribution >= 4 is 57.4 Å². The summed E-state index contributed by atoms with van der Waals surface area (Å²) in [6, 6.07) is 32.8. The maximum absolute atomic E-state index is 6.23.